The fourth-order valence-corrected chi connectivity index (χ4v) is 13.9. The monoisotopic (exact) mass is 829 g/mol. The van der Waals surface area contributed by atoms with E-state index >= 15 is 0 Å². The van der Waals surface area contributed by atoms with Crippen LogP contribution in [0.15, 0.2) is 194 Å². The van der Waals surface area contributed by atoms with Crippen LogP contribution in [-0.4, -0.2) is 20.4 Å². The van der Waals surface area contributed by atoms with Crippen molar-refractivity contribution < 1.29 is 0 Å². The van der Waals surface area contributed by atoms with Crippen LogP contribution in [0.5, 0.6) is 0 Å². The maximum absolute atomic E-state index is 2.68. The Labute approximate surface area is 377 Å². The molecule has 4 heteroatoms. The second-order valence-electron chi connectivity index (χ2n) is 19.0. The van der Waals surface area contributed by atoms with Gasteiger partial charge >= 0.3 is 0 Å². The maximum atomic E-state index is 2.68. The highest BCUT2D eigenvalue weighted by atomic mass is 15.1. The summed E-state index contributed by atoms with van der Waals surface area (Å²) in [4.78, 5) is 0. The second kappa shape index (κ2) is 11.0. The third-order valence-electron chi connectivity index (χ3n) is 16.3. The van der Waals surface area contributed by atoms with E-state index < -0.39 is 0 Å². The Hall–Kier alpha value is -8.60. The standard InChI is InChI=1S/C62H32BN3/c1-3-15-38-36(13-1)41-18-7-11-33-25-29-50-58(54(33)41)56-43(38)20-10-24-49(56)64(50)35-31-52-60-53(32-35)66-51-30-26-34-12-8-19-42-37-14-2-4-16-39(37)44-27-28-47(62(66)57(44)59(51)55(34)42)63(60)46-22-9-21-45-40-17-5-6-23-48(40)65(52)61(45)46/h1-32H. The summed E-state index contributed by atoms with van der Waals surface area (Å²) in [5, 5.41) is 13.2. The molecule has 18 rings (SSSR count). The molecule has 5 heterocycles. The van der Waals surface area contributed by atoms with Gasteiger partial charge in [0.05, 0.1) is 33.3 Å². The summed E-state index contributed by atoms with van der Waals surface area (Å²) in [5.41, 5.74) is 25.8. The summed E-state index contributed by atoms with van der Waals surface area (Å²) >= 11 is 0. The molecular formula is C62H32BN3. The minimum atomic E-state index is 0.0398. The minimum Gasteiger partial charge on any atom is -0.310 e. The van der Waals surface area contributed by atoms with Gasteiger partial charge in [0.2, 0.25) is 0 Å². The normalized spacial score (nSPS) is 13.4. The average molecular weight is 830 g/mol. The summed E-state index contributed by atoms with van der Waals surface area (Å²) in [7, 11) is 0. The average Bonchev–Trinajstić information content (AvgIpc) is 3.97. The van der Waals surface area contributed by atoms with E-state index in [1.54, 1.807) is 0 Å². The summed E-state index contributed by atoms with van der Waals surface area (Å²) in [6.07, 6.45) is 0. The first-order valence-corrected chi connectivity index (χ1v) is 23.2. The van der Waals surface area contributed by atoms with Gasteiger partial charge < -0.3 is 13.7 Å². The van der Waals surface area contributed by atoms with E-state index in [1.165, 1.54) is 165 Å². The van der Waals surface area contributed by atoms with Gasteiger partial charge in [-0.3, -0.25) is 0 Å². The van der Waals surface area contributed by atoms with Gasteiger partial charge in [-0.25, -0.2) is 0 Å². The molecular weight excluding hydrogens is 798 g/mol. The lowest BCUT2D eigenvalue weighted by molar-refractivity contribution is 1.10. The van der Waals surface area contributed by atoms with Crippen molar-refractivity contribution in [2.75, 3.05) is 0 Å². The number of rotatable bonds is 1. The summed E-state index contributed by atoms with van der Waals surface area (Å²) < 4.78 is 7.88. The van der Waals surface area contributed by atoms with Crippen molar-refractivity contribution in [3.05, 3.63) is 194 Å². The molecule has 0 spiro atoms. The number of hydrogen-bond donors (Lipinski definition) is 0. The van der Waals surface area contributed by atoms with Crippen molar-refractivity contribution in [1.29, 1.82) is 0 Å². The SMILES string of the molecule is c1ccc2c(c1)-c1cccc3ccc4c(c13)c1c-2cccc1n4-c1cc2c3c(c1)-n1c4ccc5cccc6c5c4c4c(ccc(c41)B3c1cccc3c4ccccc4n-2c13)-c1ccccc1-6. The smallest absolute Gasteiger partial charge is 0.252 e. The Morgan fingerprint density at radius 2 is 0.773 bits per heavy atom. The molecule has 0 radical (unpaired) electrons. The number of fused-ring (bicyclic) bond motifs is 14. The van der Waals surface area contributed by atoms with Crippen molar-refractivity contribution in [3.63, 3.8) is 0 Å². The third kappa shape index (κ3) is 3.53. The van der Waals surface area contributed by atoms with Gasteiger partial charge in [0, 0.05) is 49.2 Å². The van der Waals surface area contributed by atoms with Crippen LogP contribution in [0.3, 0.4) is 0 Å². The van der Waals surface area contributed by atoms with E-state index in [1.807, 2.05) is 0 Å². The van der Waals surface area contributed by atoms with Gasteiger partial charge in [-0.1, -0.05) is 158 Å². The molecule has 0 bridgehead atoms. The van der Waals surface area contributed by atoms with Crippen molar-refractivity contribution in [3.8, 4) is 61.6 Å². The van der Waals surface area contributed by atoms with Gasteiger partial charge in [-0.15, -0.1) is 0 Å². The molecule has 3 nitrogen and oxygen atoms in total. The molecule has 0 saturated carbocycles. The zero-order chi connectivity index (χ0) is 42.3. The van der Waals surface area contributed by atoms with Gasteiger partial charge in [0.1, 0.15) is 0 Å². The molecule has 0 N–H and O–H groups in total. The Morgan fingerprint density at radius 3 is 1.47 bits per heavy atom. The molecule has 4 aliphatic rings. The fraction of sp³-hybridized carbons (Fsp3) is 0. The highest BCUT2D eigenvalue weighted by molar-refractivity contribution is 7.00. The van der Waals surface area contributed by atoms with E-state index in [2.05, 4.69) is 208 Å². The van der Waals surface area contributed by atoms with E-state index in [4.69, 9.17) is 0 Å². The maximum Gasteiger partial charge on any atom is 0.252 e. The van der Waals surface area contributed by atoms with E-state index in [0.717, 1.165) is 0 Å². The number of aromatic nitrogens is 3. The van der Waals surface area contributed by atoms with Gasteiger partial charge in [0.25, 0.3) is 6.71 Å². The number of nitrogens with zero attached hydrogens (tertiary/aromatic N) is 3. The molecule has 0 saturated heterocycles. The van der Waals surface area contributed by atoms with Crippen LogP contribution in [0.1, 0.15) is 0 Å². The number of para-hydroxylation sites is 2. The molecule has 0 fully saturated rings. The topological polar surface area (TPSA) is 14.8 Å². The quantitative estimate of drug-likeness (QED) is 0.146. The highest BCUT2D eigenvalue weighted by Crippen LogP contribution is 2.53. The summed E-state index contributed by atoms with van der Waals surface area (Å²) in [6.45, 7) is 0.0398. The lowest BCUT2D eigenvalue weighted by atomic mass is 9.34. The van der Waals surface area contributed by atoms with Crippen LogP contribution in [-0.2, 0) is 0 Å². The molecule has 66 heavy (non-hydrogen) atoms. The van der Waals surface area contributed by atoms with Crippen molar-refractivity contribution in [1.82, 2.24) is 13.7 Å². The molecule has 11 aromatic carbocycles. The van der Waals surface area contributed by atoms with Crippen molar-refractivity contribution in [2.45, 2.75) is 0 Å². The first-order chi connectivity index (χ1) is 32.8. The lowest BCUT2D eigenvalue weighted by Gasteiger charge is -2.34. The zero-order valence-electron chi connectivity index (χ0n) is 35.4. The first-order valence-electron chi connectivity index (χ1n) is 23.2. The molecule has 0 amide bonds. The molecule has 3 aromatic heterocycles. The predicted molar refractivity (Wildman–Crippen MR) is 278 cm³/mol. The summed E-state index contributed by atoms with van der Waals surface area (Å²) in [5.74, 6) is 0. The van der Waals surface area contributed by atoms with Crippen LogP contribution >= 0.6 is 0 Å². The van der Waals surface area contributed by atoms with Gasteiger partial charge in [0.15, 0.2) is 0 Å². The van der Waals surface area contributed by atoms with Crippen LogP contribution in [0, 0.1) is 0 Å². The predicted octanol–water partition coefficient (Wildman–Crippen LogP) is 13.7. The second-order valence-corrected chi connectivity index (χ2v) is 19.0. The molecule has 298 valence electrons. The fourth-order valence-electron chi connectivity index (χ4n) is 13.9. The molecule has 0 atom stereocenters. The molecule has 0 unspecified atom stereocenters. The van der Waals surface area contributed by atoms with Crippen molar-refractivity contribution >= 4 is 110 Å². The van der Waals surface area contributed by atoms with Crippen LogP contribution in [0.2, 0.25) is 0 Å². The van der Waals surface area contributed by atoms with Crippen LogP contribution in [0.25, 0.3) is 149 Å². The Morgan fingerprint density at radius 1 is 0.288 bits per heavy atom. The molecule has 2 aliphatic carbocycles. The zero-order valence-corrected chi connectivity index (χ0v) is 35.4. The third-order valence-corrected chi connectivity index (χ3v) is 16.3. The minimum absolute atomic E-state index is 0.0398. The van der Waals surface area contributed by atoms with E-state index in [0.29, 0.717) is 0 Å². The van der Waals surface area contributed by atoms with Crippen LogP contribution in [0.4, 0.5) is 0 Å². The Balaban J connectivity index is 1.07. The Bertz CT molecular complexity index is 4710. The van der Waals surface area contributed by atoms with Gasteiger partial charge in [-0.2, -0.15) is 0 Å². The van der Waals surface area contributed by atoms with Crippen molar-refractivity contribution in [2.24, 2.45) is 0 Å². The van der Waals surface area contributed by atoms with E-state index in [-0.39, 0.29) is 6.71 Å². The molecule has 14 aromatic rings. The lowest BCUT2D eigenvalue weighted by Crippen LogP contribution is -2.59. The largest absolute Gasteiger partial charge is 0.310 e. The van der Waals surface area contributed by atoms with Crippen LogP contribution < -0.4 is 16.4 Å². The highest BCUT2D eigenvalue weighted by Gasteiger charge is 2.42. The summed E-state index contributed by atoms with van der Waals surface area (Å²) in [6, 6.07) is 74.4. The number of benzene rings is 11. The van der Waals surface area contributed by atoms with Gasteiger partial charge in [-0.05, 0) is 119 Å². The number of hydrogen-bond acceptors (Lipinski definition) is 0. The Kier molecular flexibility index (Phi) is 5.50. The first kappa shape index (κ1) is 33.0. The van der Waals surface area contributed by atoms with E-state index in [9.17, 15) is 0 Å². The molecule has 2 aliphatic heterocycles.